The molecular weight excluding hydrogens is 290 g/mol. The lowest BCUT2D eigenvalue weighted by molar-refractivity contribution is 0.581. The Hall–Kier alpha value is -0.840. The van der Waals surface area contributed by atoms with Gasteiger partial charge in [0.2, 0.25) is 0 Å². The number of fused-ring (bicyclic) bond motifs is 1. The SMILES string of the molecule is CCn1nc(C)c(Cl)c1CNCc1cc2c(s1)CCC2. The van der Waals surface area contributed by atoms with Crippen LogP contribution in [0.4, 0.5) is 0 Å². The van der Waals surface area contributed by atoms with Gasteiger partial charge in [-0.15, -0.1) is 11.3 Å². The Morgan fingerprint density at radius 3 is 3.00 bits per heavy atom. The first-order valence-corrected chi connectivity index (χ1v) is 8.41. The van der Waals surface area contributed by atoms with Crippen molar-refractivity contribution < 1.29 is 0 Å². The largest absolute Gasteiger partial charge is 0.306 e. The van der Waals surface area contributed by atoms with Crippen LogP contribution in [0.25, 0.3) is 0 Å². The molecule has 2 heterocycles. The number of halogens is 1. The van der Waals surface area contributed by atoms with Gasteiger partial charge in [-0.3, -0.25) is 4.68 Å². The molecule has 2 aromatic rings. The molecule has 0 unspecified atom stereocenters. The summed E-state index contributed by atoms with van der Waals surface area (Å²) in [6.45, 7) is 6.60. The van der Waals surface area contributed by atoms with Gasteiger partial charge in [-0.1, -0.05) is 11.6 Å². The highest BCUT2D eigenvalue weighted by Gasteiger charge is 2.15. The summed E-state index contributed by atoms with van der Waals surface area (Å²) in [4.78, 5) is 3.03. The van der Waals surface area contributed by atoms with Crippen LogP contribution in [0.5, 0.6) is 0 Å². The van der Waals surface area contributed by atoms with Crippen LogP contribution in [0.1, 0.15) is 40.1 Å². The molecule has 20 heavy (non-hydrogen) atoms. The van der Waals surface area contributed by atoms with Crippen LogP contribution in [-0.4, -0.2) is 9.78 Å². The summed E-state index contributed by atoms with van der Waals surface area (Å²) in [7, 11) is 0. The summed E-state index contributed by atoms with van der Waals surface area (Å²) in [5.41, 5.74) is 3.58. The van der Waals surface area contributed by atoms with Crippen LogP contribution >= 0.6 is 22.9 Å². The van der Waals surface area contributed by atoms with E-state index >= 15 is 0 Å². The maximum Gasteiger partial charge on any atom is 0.0860 e. The molecule has 2 aromatic heterocycles. The molecule has 108 valence electrons. The topological polar surface area (TPSA) is 29.9 Å². The zero-order valence-corrected chi connectivity index (χ0v) is 13.6. The first-order chi connectivity index (χ1) is 9.69. The van der Waals surface area contributed by atoms with E-state index in [1.807, 2.05) is 22.9 Å². The number of aryl methyl sites for hydroxylation is 4. The molecular formula is C15H20ClN3S. The number of hydrogen-bond donors (Lipinski definition) is 1. The van der Waals surface area contributed by atoms with Crippen molar-refractivity contribution in [3.63, 3.8) is 0 Å². The molecule has 0 spiro atoms. The summed E-state index contributed by atoms with van der Waals surface area (Å²) in [6, 6.07) is 2.37. The van der Waals surface area contributed by atoms with Crippen molar-refractivity contribution in [3.8, 4) is 0 Å². The Morgan fingerprint density at radius 1 is 1.40 bits per heavy atom. The predicted octanol–water partition coefficient (Wildman–Crippen LogP) is 3.70. The van der Waals surface area contributed by atoms with Gasteiger partial charge in [-0.25, -0.2) is 0 Å². The molecule has 0 amide bonds. The molecule has 0 saturated carbocycles. The molecule has 3 nitrogen and oxygen atoms in total. The van der Waals surface area contributed by atoms with Crippen molar-refractivity contribution in [2.75, 3.05) is 0 Å². The van der Waals surface area contributed by atoms with E-state index in [2.05, 4.69) is 23.4 Å². The third-order valence-corrected chi connectivity index (χ3v) is 5.57. The number of aromatic nitrogens is 2. The summed E-state index contributed by atoms with van der Waals surface area (Å²) in [5.74, 6) is 0. The fourth-order valence-corrected chi connectivity index (χ4v) is 4.25. The van der Waals surface area contributed by atoms with Crippen molar-refractivity contribution >= 4 is 22.9 Å². The van der Waals surface area contributed by atoms with Crippen LogP contribution < -0.4 is 5.32 Å². The average Bonchev–Trinajstić information content (AvgIpc) is 3.07. The van der Waals surface area contributed by atoms with Gasteiger partial charge < -0.3 is 5.32 Å². The highest BCUT2D eigenvalue weighted by Crippen LogP contribution is 2.30. The number of nitrogens with zero attached hydrogens (tertiary/aromatic N) is 2. The van der Waals surface area contributed by atoms with Crippen LogP contribution in [0, 0.1) is 6.92 Å². The molecule has 3 rings (SSSR count). The maximum absolute atomic E-state index is 6.31. The lowest BCUT2D eigenvalue weighted by atomic mass is 10.2. The van der Waals surface area contributed by atoms with Crippen LogP contribution in [0.2, 0.25) is 5.02 Å². The van der Waals surface area contributed by atoms with Crippen LogP contribution in [0.3, 0.4) is 0 Å². The zero-order valence-electron chi connectivity index (χ0n) is 12.0. The Morgan fingerprint density at radius 2 is 2.25 bits per heavy atom. The minimum Gasteiger partial charge on any atom is -0.306 e. The van der Waals surface area contributed by atoms with Crippen molar-refractivity contribution in [2.45, 2.75) is 52.7 Å². The summed E-state index contributed by atoms with van der Waals surface area (Å²) in [5, 5.41) is 8.74. The van der Waals surface area contributed by atoms with E-state index in [9.17, 15) is 0 Å². The number of nitrogens with one attached hydrogen (secondary N) is 1. The van der Waals surface area contributed by atoms with E-state index in [0.717, 1.165) is 36.0 Å². The third kappa shape index (κ3) is 2.65. The van der Waals surface area contributed by atoms with E-state index in [4.69, 9.17) is 11.6 Å². The van der Waals surface area contributed by atoms with Crippen LogP contribution in [0.15, 0.2) is 6.07 Å². The molecule has 1 N–H and O–H groups in total. The van der Waals surface area contributed by atoms with Gasteiger partial charge in [-0.05, 0) is 44.7 Å². The van der Waals surface area contributed by atoms with Gasteiger partial charge in [0.25, 0.3) is 0 Å². The Kier molecular flexibility index (Phi) is 4.15. The molecule has 0 radical (unpaired) electrons. The van der Waals surface area contributed by atoms with E-state index in [-0.39, 0.29) is 0 Å². The molecule has 0 aromatic carbocycles. The molecule has 0 bridgehead atoms. The van der Waals surface area contributed by atoms with Gasteiger partial charge in [0.1, 0.15) is 0 Å². The molecule has 0 fully saturated rings. The second-order valence-electron chi connectivity index (χ2n) is 5.28. The molecule has 1 aliphatic rings. The summed E-state index contributed by atoms with van der Waals surface area (Å²) in [6.07, 6.45) is 3.87. The minimum absolute atomic E-state index is 0.774. The second kappa shape index (κ2) is 5.88. The smallest absolute Gasteiger partial charge is 0.0860 e. The minimum atomic E-state index is 0.774. The number of thiophene rings is 1. The molecule has 0 saturated heterocycles. The lowest BCUT2D eigenvalue weighted by Gasteiger charge is -2.06. The first-order valence-electron chi connectivity index (χ1n) is 7.22. The number of hydrogen-bond acceptors (Lipinski definition) is 3. The Bertz CT molecular complexity index is 593. The van der Waals surface area contributed by atoms with E-state index < -0.39 is 0 Å². The van der Waals surface area contributed by atoms with Gasteiger partial charge in [-0.2, -0.15) is 5.10 Å². The second-order valence-corrected chi connectivity index (χ2v) is 6.88. The average molecular weight is 310 g/mol. The molecule has 0 aliphatic heterocycles. The quantitative estimate of drug-likeness (QED) is 0.912. The molecule has 5 heteroatoms. The predicted molar refractivity (Wildman–Crippen MR) is 84.5 cm³/mol. The highest BCUT2D eigenvalue weighted by atomic mass is 35.5. The van der Waals surface area contributed by atoms with Crippen molar-refractivity contribution in [3.05, 3.63) is 37.8 Å². The van der Waals surface area contributed by atoms with E-state index in [1.165, 1.54) is 24.1 Å². The molecule has 1 aliphatic carbocycles. The normalized spacial score (nSPS) is 13.9. The zero-order chi connectivity index (χ0) is 14.1. The Labute approximate surface area is 129 Å². The van der Waals surface area contributed by atoms with Crippen molar-refractivity contribution in [2.24, 2.45) is 0 Å². The fourth-order valence-electron chi connectivity index (χ4n) is 2.82. The van der Waals surface area contributed by atoms with Crippen LogP contribution in [-0.2, 0) is 32.5 Å². The first kappa shape index (κ1) is 14.1. The Balaban J connectivity index is 1.62. The highest BCUT2D eigenvalue weighted by molar-refractivity contribution is 7.12. The fraction of sp³-hybridized carbons (Fsp3) is 0.533. The van der Waals surface area contributed by atoms with E-state index in [0.29, 0.717) is 0 Å². The van der Waals surface area contributed by atoms with Gasteiger partial charge >= 0.3 is 0 Å². The number of rotatable bonds is 5. The standard InChI is InChI=1S/C15H20ClN3S/c1-3-19-13(15(16)10(2)18-19)9-17-8-12-7-11-5-4-6-14(11)20-12/h7,17H,3-6,8-9H2,1-2H3. The monoisotopic (exact) mass is 309 g/mol. The summed E-state index contributed by atoms with van der Waals surface area (Å²) < 4.78 is 1.99. The third-order valence-electron chi connectivity index (χ3n) is 3.84. The summed E-state index contributed by atoms with van der Waals surface area (Å²) >= 11 is 8.27. The van der Waals surface area contributed by atoms with Crippen molar-refractivity contribution in [1.82, 2.24) is 15.1 Å². The lowest BCUT2D eigenvalue weighted by Crippen LogP contribution is -2.16. The van der Waals surface area contributed by atoms with Gasteiger partial charge in [0.15, 0.2) is 0 Å². The van der Waals surface area contributed by atoms with Crippen molar-refractivity contribution in [1.29, 1.82) is 0 Å². The van der Waals surface area contributed by atoms with E-state index in [1.54, 1.807) is 10.4 Å². The van der Waals surface area contributed by atoms with Gasteiger partial charge in [0.05, 0.1) is 16.4 Å². The maximum atomic E-state index is 6.31. The van der Waals surface area contributed by atoms with Gasteiger partial charge in [0, 0.05) is 29.4 Å². The molecule has 0 atom stereocenters.